The van der Waals surface area contributed by atoms with Crippen LogP contribution in [0.1, 0.15) is 12.5 Å². The van der Waals surface area contributed by atoms with Crippen molar-refractivity contribution in [3.63, 3.8) is 0 Å². The van der Waals surface area contributed by atoms with E-state index in [1.165, 1.54) is 6.07 Å². The summed E-state index contributed by atoms with van der Waals surface area (Å²) < 4.78 is 0. The smallest absolute Gasteiger partial charge is 0.272 e. The third-order valence-corrected chi connectivity index (χ3v) is 2.54. The number of aryl methyl sites for hydroxylation is 1. The Morgan fingerprint density at radius 1 is 1.41 bits per heavy atom. The monoisotopic (exact) mass is 240 g/mol. The quantitative estimate of drug-likeness (QED) is 0.528. The highest BCUT2D eigenvalue weighted by molar-refractivity contribution is 5.54. The summed E-state index contributed by atoms with van der Waals surface area (Å²) in [6.45, 7) is 2.82. The Hall–Kier alpha value is -1.66. The summed E-state index contributed by atoms with van der Waals surface area (Å²) in [6, 6.07) is 4.56. The van der Waals surface area contributed by atoms with Gasteiger partial charge in [0.15, 0.2) is 0 Å². The number of anilines is 1. The first-order chi connectivity index (χ1) is 7.91. The van der Waals surface area contributed by atoms with Crippen molar-refractivity contribution in [1.29, 1.82) is 0 Å². The van der Waals surface area contributed by atoms with Crippen LogP contribution in [0.2, 0.25) is 0 Å². The molecule has 17 heavy (non-hydrogen) atoms. The Balaban J connectivity index is 2.95. The van der Waals surface area contributed by atoms with Crippen molar-refractivity contribution >= 4 is 11.4 Å². The molecular formula is C11H16N2O4. The van der Waals surface area contributed by atoms with Crippen molar-refractivity contribution in [3.05, 3.63) is 33.9 Å². The van der Waals surface area contributed by atoms with E-state index in [2.05, 4.69) is 5.32 Å². The molecule has 0 aliphatic rings. The Morgan fingerprint density at radius 2 is 2.00 bits per heavy atom. The predicted molar refractivity (Wildman–Crippen MR) is 64.0 cm³/mol. The van der Waals surface area contributed by atoms with Gasteiger partial charge in [-0.3, -0.25) is 10.1 Å². The van der Waals surface area contributed by atoms with Crippen LogP contribution in [0.25, 0.3) is 0 Å². The molecule has 0 aromatic heterocycles. The normalized spacial score (nSPS) is 11.3. The van der Waals surface area contributed by atoms with Crippen LogP contribution in [0.15, 0.2) is 18.2 Å². The van der Waals surface area contributed by atoms with Crippen LogP contribution < -0.4 is 5.32 Å². The van der Waals surface area contributed by atoms with Gasteiger partial charge in [0, 0.05) is 17.3 Å². The van der Waals surface area contributed by atoms with Crippen LogP contribution >= 0.6 is 0 Å². The molecule has 0 bridgehead atoms. The molecule has 94 valence electrons. The van der Waals surface area contributed by atoms with Gasteiger partial charge in [-0.2, -0.15) is 0 Å². The van der Waals surface area contributed by atoms with Crippen molar-refractivity contribution < 1.29 is 15.1 Å². The Labute approximate surface area is 99.0 Å². The largest absolute Gasteiger partial charge is 0.394 e. The molecule has 0 saturated heterocycles. The zero-order chi connectivity index (χ0) is 13.1. The maximum absolute atomic E-state index is 10.6. The maximum Gasteiger partial charge on any atom is 0.272 e. The first-order valence-corrected chi connectivity index (χ1v) is 5.17. The van der Waals surface area contributed by atoms with Crippen molar-refractivity contribution in [1.82, 2.24) is 0 Å². The summed E-state index contributed by atoms with van der Waals surface area (Å²) in [5.74, 6) is 0. The van der Waals surface area contributed by atoms with Crippen LogP contribution in [-0.2, 0) is 0 Å². The van der Waals surface area contributed by atoms with Gasteiger partial charge in [0.2, 0.25) is 0 Å². The summed E-state index contributed by atoms with van der Waals surface area (Å²) >= 11 is 0. The van der Waals surface area contributed by atoms with E-state index < -0.39 is 10.5 Å². The first-order valence-electron chi connectivity index (χ1n) is 5.17. The number of nitrogens with zero attached hydrogens (tertiary/aromatic N) is 1. The summed E-state index contributed by atoms with van der Waals surface area (Å²) in [4.78, 5) is 10.2. The molecule has 6 nitrogen and oxygen atoms in total. The van der Waals surface area contributed by atoms with Crippen molar-refractivity contribution in [2.75, 3.05) is 18.5 Å². The van der Waals surface area contributed by atoms with Gasteiger partial charge in [-0.25, -0.2) is 0 Å². The molecule has 0 saturated carbocycles. The zero-order valence-corrected chi connectivity index (χ0v) is 9.80. The number of nitro benzene ring substituents is 1. The van der Waals surface area contributed by atoms with Crippen molar-refractivity contribution in [2.45, 2.75) is 19.4 Å². The second kappa shape index (κ2) is 5.11. The van der Waals surface area contributed by atoms with E-state index in [4.69, 9.17) is 10.2 Å². The Bertz CT molecular complexity index is 416. The van der Waals surface area contributed by atoms with Gasteiger partial charge in [-0.05, 0) is 26.0 Å². The molecule has 0 aliphatic heterocycles. The lowest BCUT2D eigenvalue weighted by atomic mass is 10.0. The molecule has 0 fully saturated rings. The predicted octanol–water partition coefficient (Wildman–Crippen LogP) is 1.06. The van der Waals surface area contributed by atoms with Gasteiger partial charge >= 0.3 is 0 Å². The van der Waals surface area contributed by atoms with Gasteiger partial charge < -0.3 is 15.5 Å². The van der Waals surface area contributed by atoms with Crippen molar-refractivity contribution in [3.8, 4) is 0 Å². The second-order valence-electron chi connectivity index (χ2n) is 4.26. The average Bonchev–Trinajstić information content (AvgIpc) is 2.28. The van der Waals surface area contributed by atoms with Gasteiger partial charge in [-0.15, -0.1) is 0 Å². The number of hydrogen-bond acceptors (Lipinski definition) is 5. The number of hydrogen-bond donors (Lipinski definition) is 3. The van der Waals surface area contributed by atoms with E-state index in [-0.39, 0.29) is 18.9 Å². The molecule has 0 unspecified atom stereocenters. The van der Waals surface area contributed by atoms with E-state index in [0.29, 0.717) is 11.3 Å². The van der Waals surface area contributed by atoms with E-state index in [1.54, 1.807) is 26.0 Å². The van der Waals surface area contributed by atoms with Crippen LogP contribution in [0.4, 0.5) is 11.4 Å². The molecule has 0 amide bonds. The van der Waals surface area contributed by atoms with E-state index >= 15 is 0 Å². The SMILES string of the molecule is Cc1cc(NC(C)(CO)CO)ccc1[N+](=O)[O-]. The molecule has 1 aromatic carbocycles. The second-order valence-corrected chi connectivity index (χ2v) is 4.26. The number of aliphatic hydroxyl groups is 2. The van der Waals surface area contributed by atoms with E-state index in [1.807, 2.05) is 0 Å². The molecule has 1 aromatic rings. The minimum Gasteiger partial charge on any atom is -0.394 e. The maximum atomic E-state index is 10.6. The number of nitro groups is 1. The lowest BCUT2D eigenvalue weighted by Gasteiger charge is -2.27. The van der Waals surface area contributed by atoms with Crippen LogP contribution in [0.5, 0.6) is 0 Å². The Morgan fingerprint density at radius 3 is 2.41 bits per heavy atom. The fourth-order valence-corrected chi connectivity index (χ4v) is 1.42. The molecule has 6 heteroatoms. The minimum atomic E-state index is -0.845. The van der Waals surface area contributed by atoms with Crippen LogP contribution in [0.3, 0.4) is 0 Å². The molecule has 1 rings (SSSR count). The number of aliphatic hydroxyl groups excluding tert-OH is 2. The summed E-state index contributed by atoms with van der Waals surface area (Å²) in [7, 11) is 0. The lowest BCUT2D eigenvalue weighted by molar-refractivity contribution is -0.385. The van der Waals surface area contributed by atoms with Crippen LogP contribution in [-0.4, -0.2) is 33.9 Å². The third kappa shape index (κ3) is 3.15. The Kier molecular flexibility index (Phi) is 4.03. The van der Waals surface area contributed by atoms with E-state index in [0.717, 1.165) is 0 Å². The topological polar surface area (TPSA) is 95.6 Å². The summed E-state index contributed by atoms with van der Waals surface area (Å²) in [5.41, 5.74) is 0.352. The molecule has 0 atom stereocenters. The highest BCUT2D eigenvalue weighted by Gasteiger charge is 2.22. The van der Waals surface area contributed by atoms with Gasteiger partial charge in [0.1, 0.15) is 0 Å². The van der Waals surface area contributed by atoms with Gasteiger partial charge in [-0.1, -0.05) is 0 Å². The molecule has 0 radical (unpaired) electrons. The molecule has 0 heterocycles. The zero-order valence-electron chi connectivity index (χ0n) is 9.80. The van der Waals surface area contributed by atoms with Gasteiger partial charge in [0.25, 0.3) is 5.69 Å². The third-order valence-electron chi connectivity index (χ3n) is 2.54. The fourth-order valence-electron chi connectivity index (χ4n) is 1.42. The minimum absolute atomic E-state index is 0.0465. The van der Waals surface area contributed by atoms with Gasteiger partial charge in [0.05, 0.1) is 23.7 Å². The average molecular weight is 240 g/mol. The summed E-state index contributed by atoms with van der Waals surface area (Å²) in [6.07, 6.45) is 0. The van der Waals surface area contributed by atoms with Crippen molar-refractivity contribution in [2.24, 2.45) is 0 Å². The van der Waals surface area contributed by atoms with Crippen LogP contribution in [0, 0.1) is 17.0 Å². The fraction of sp³-hybridized carbons (Fsp3) is 0.455. The first kappa shape index (κ1) is 13.4. The highest BCUT2D eigenvalue weighted by Crippen LogP contribution is 2.23. The lowest BCUT2D eigenvalue weighted by Crippen LogP contribution is -2.42. The highest BCUT2D eigenvalue weighted by atomic mass is 16.6. The molecule has 0 spiro atoms. The summed E-state index contributed by atoms with van der Waals surface area (Å²) in [5, 5.41) is 31.8. The van der Waals surface area contributed by atoms with E-state index in [9.17, 15) is 10.1 Å². The molecular weight excluding hydrogens is 224 g/mol. The molecule has 3 N–H and O–H groups in total. The number of benzene rings is 1. The number of nitrogens with one attached hydrogen (secondary N) is 1. The number of rotatable bonds is 5. The standard InChI is InChI=1S/C11H16N2O4/c1-8-5-9(3-4-10(8)13(16)17)12-11(2,6-14)7-15/h3-5,12,14-15H,6-7H2,1-2H3. The molecule has 0 aliphatic carbocycles.